The van der Waals surface area contributed by atoms with E-state index in [9.17, 15) is 31.3 Å². The fourth-order valence-corrected chi connectivity index (χ4v) is 5.98. The summed E-state index contributed by atoms with van der Waals surface area (Å²) in [5.41, 5.74) is 0. The van der Waals surface area contributed by atoms with Crippen molar-refractivity contribution < 1.29 is 35.8 Å². The Morgan fingerprint density at radius 2 is 0.979 bits per heavy atom. The zero-order valence-electron chi connectivity index (χ0n) is 30.0. The van der Waals surface area contributed by atoms with E-state index in [1.807, 2.05) is 0 Å². The van der Waals surface area contributed by atoms with Gasteiger partial charge in [0.25, 0.3) is 10.1 Å². The molecule has 0 aromatic carbocycles. The minimum absolute atomic E-state index is 0. The van der Waals surface area contributed by atoms with Crippen LogP contribution in [0.4, 0.5) is 0 Å². The molecule has 0 unspecified atom stereocenters. The molecule has 0 aliphatic rings. The van der Waals surface area contributed by atoms with Crippen LogP contribution in [0.1, 0.15) is 181 Å². The maximum atomic E-state index is 11.5. The van der Waals surface area contributed by atoms with Crippen LogP contribution in [0.5, 0.6) is 0 Å². The predicted octanol–water partition coefficient (Wildman–Crippen LogP) is 7.08. The topological polar surface area (TPSA) is 176 Å². The Kier molecular flexibility index (Phi) is 40.8. The number of rotatable bonds is 32. The monoisotopic (exact) mass is 736 g/mol. The van der Waals surface area contributed by atoms with Gasteiger partial charge in [0, 0.05) is 25.3 Å². The minimum Gasteiger partial charge on any atom is -0.862 e. The molecule has 0 saturated heterocycles. The molecule has 47 heavy (non-hydrogen) atoms. The van der Waals surface area contributed by atoms with Crippen molar-refractivity contribution in [3.05, 3.63) is 0 Å². The molecular weight excluding hydrogens is 669 g/mol. The van der Waals surface area contributed by atoms with Crippen LogP contribution in [0.15, 0.2) is 4.99 Å². The molecule has 0 aromatic rings. The molecule has 276 valence electrons. The number of carbonyl (C=O) groups excluding carboxylic acids is 1. The Hall–Kier alpha value is 0.0197. The van der Waals surface area contributed by atoms with E-state index in [2.05, 4.69) is 24.2 Å². The van der Waals surface area contributed by atoms with Crippen LogP contribution >= 0.6 is 0 Å². The van der Waals surface area contributed by atoms with Gasteiger partial charge < -0.3 is 20.0 Å². The van der Waals surface area contributed by atoms with Gasteiger partial charge >= 0.3 is 37.7 Å². The van der Waals surface area contributed by atoms with Crippen LogP contribution < -0.4 is 10.4 Å². The molecule has 0 saturated carbocycles. The van der Waals surface area contributed by atoms with Gasteiger partial charge in [-0.25, -0.2) is 8.42 Å². The molecule has 0 radical (unpaired) electrons. The maximum absolute atomic E-state index is 11.5. The smallest absolute Gasteiger partial charge is 0.862 e. The fraction of sp³-hybridized carbons (Fsp3) is 0.941. The van der Waals surface area contributed by atoms with Crippen LogP contribution in [0.2, 0.25) is 0 Å². The van der Waals surface area contributed by atoms with Gasteiger partial charge in [0.05, 0.1) is 15.9 Å². The molecular formula is C34H68CaN2O8S2. The van der Waals surface area contributed by atoms with Gasteiger partial charge in [0.1, 0.15) is 0 Å². The van der Waals surface area contributed by atoms with Crippen molar-refractivity contribution in [3.8, 4) is 0 Å². The van der Waals surface area contributed by atoms with Gasteiger partial charge in [-0.2, -0.15) is 8.42 Å². The van der Waals surface area contributed by atoms with Gasteiger partial charge in [-0.15, -0.1) is 0 Å². The Labute approximate surface area is 319 Å². The summed E-state index contributed by atoms with van der Waals surface area (Å²) in [7, 11) is -8.09. The normalized spacial score (nSPS) is 11.9. The molecule has 0 aromatic heterocycles. The Morgan fingerprint density at radius 1 is 0.596 bits per heavy atom. The van der Waals surface area contributed by atoms with E-state index in [0.29, 0.717) is 19.4 Å². The van der Waals surface area contributed by atoms with Crippen LogP contribution in [0, 0.1) is 0 Å². The van der Waals surface area contributed by atoms with Gasteiger partial charge in [-0.05, 0) is 38.0 Å². The third-order valence-corrected chi connectivity index (χ3v) is 9.34. The number of unbranched alkanes of at least 4 members (excludes halogenated alkanes) is 20. The largest absolute Gasteiger partial charge is 2.00 e. The number of hydrogen-bond acceptors (Lipinski definition) is 8. The quantitative estimate of drug-likeness (QED) is 0.0242. The van der Waals surface area contributed by atoms with Gasteiger partial charge in [0.2, 0.25) is 5.91 Å². The molecule has 13 heteroatoms. The van der Waals surface area contributed by atoms with Crippen LogP contribution in [0.25, 0.3) is 0 Å². The van der Waals surface area contributed by atoms with Crippen molar-refractivity contribution in [2.75, 3.05) is 24.6 Å². The zero-order valence-corrected chi connectivity index (χ0v) is 33.8. The summed E-state index contributed by atoms with van der Waals surface area (Å²) in [4.78, 5) is 15.3. The number of nitrogens with one attached hydrogen (secondary N) is 1. The Bertz CT molecular complexity index is 932. The first-order valence-electron chi connectivity index (χ1n) is 18.3. The standard InChI is InChI=1S/2C17H35NO4S.Ca/c2*1-2-3-4-5-6-7-8-9-10-11-12-14-17(19)18-15-13-16-23(20,21)22;/h2*2-16H2,1H3,(H,18,19)(H,20,21,22);/q;;+2/p-2. The number of amides is 1. The van der Waals surface area contributed by atoms with Crippen molar-refractivity contribution in [1.29, 1.82) is 0 Å². The molecule has 0 spiro atoms. The van der Waals surface area contributed by atoms with E-state index < -0.39 is 26.0 Å². The molecule has 0 atom stereocenters. The first kappa shape index (κ1) is 51.4. The second-order valence-corrected chi connectivity index (χ2v) is 15.5. The fourth-order valence-electron chi connectivity index (χ4n) is 4.99. The second-order valence-electron chi connectivity index (χ2n) is 12.5. The molecule has 0 heterocycles. The third kappa shape index (κ3) is 50.5. The molecule has 2 N–H and O–H groups in total. The van der Waals surface area contributed by atoms with Crippen molar-refractivity contribution in [3.63, 3.8) is 0 Å². The summed E-state index contributed by atoms with van der Waals surface area (Å²) in [5, 5.41) is 14.1. The van der Waals surface area contributed by atoms with Crippen LogP contribution in [-0.4, -0.2) is 100 Å². The third-order valence-electron chi connectivity index (χ3n) is 7.74. The van der Waals surface area contributed by atoms with Crippen LogP contribution in [0.3, 0.4) is 0 Å². The molecule has 1 amide bonds. The van der Waals surface area contributed by atoms with E-state index in [1.54, 1.807) is 0 Å². The summed E-state index contributed by atoms with van der Waals surface area (Å²) in [5.74, 6) is -0.950. The Balaban J connectivity index is -0.000000807. The molecule has 0 rings (SSSR count). The van der Waals surface area contributed by atoms with E-state index in [1.165, 1.54) is 109 Å². The van der Waals surface area contributed by atoms with E-state index in [4.69, 9.17) is 4.55 Å². The summed E-state index contributed by atoms with van der Waals surface area (Å²) < 4.78 is 60.7. The van der Waals surface area contributed by atoms with Gasteiger partial charge in [-0.1, -0.05) is 142 Å². The average Bonchev–Trinajstić information content (AvgIpc) is 2.98. The molecule has 0 bridgehead atoms. The SMILES string of the molecule is CCCCCCCCCCCCCC(=O)NCCCS(=O)(=O)O.CCCCCCCCCCCCCC([O-])=NCCCS(=O)(=O)[O-].[Ca+2]. The Morgan fingerprint density at radius 3 is 1.36 bits per heavy atom. The predicted molar refractivity (Wildman–Crippen MR) is 193 cm³/mol. The molecule has 0 aliphatic carbocycles. The second kappa shape index (κ2) is 37.3. The first-order chi connectivity index (χ1) is 21.9. The number of carbonyl (C=O) groups is 1. The van der Waals surface area contributed by atoms with E-state index in [0.717, 1.165) is 32.1 Å². The summed E-state index contributed by atoms with van der Waals surface area (Å²) in [6.45, 7) is 4.91. The van der Waals surface area contributed by atoms with Crippen LogP contribution in [-0.2, 0) is 25.0 Å². The maximum Gasteiger partial charge on any atom is 2.00 e. The molecule has 10 nitrogen and oxygen atoms in total. The van der Waals surface area contributed by atoms with E-state index >= 15 is 0 Å². The molecule has 0 aliphatic heterocycles. The van der Waals surface area contributed by atoms with E-state index in [-0.39, 0.29) is 74.7 Å². The summed E-state index contributed by atoms with van der Waals surface area (Å²) >= 11 is 0. The summed E-state index contributed by atoms with van der Waals surface area (Å²) in [6.07, 6.45) is 28.7. The van der Waals surface area contributed by atoms with Crippen molar-refractivity contribution in [1.82, 2.24) is 5.32 Å². The number of hydrogen-bond donors (Lipinski definition) is 2. The zero-order chi connectivity index (χ0) is 34.8. The number of nitrogens with zero attached hydrogens (tertiary/aromatic N) is 1. The van der Waals surface area contributed by atoms with Crippen molar-refractivity contribution in [2.45, 2.75) is 181 Å². The molecule has 0 fully saturated rings. The number of aliphatic imine (C=N–C) groups is 1. The van der Waals surface area contributed by atoms with Gasteiger partial charge in [0.15, 0.2) is 0 Å². The van der Waals surface area contributed by atoms with Crippen molar-refractivity contribution in [2.24, 2.45) is 4.99 Å². The average molecular weight is 737 g/mol. The van der Waals surface area contributed by atoms with Gasteiger partial charge in [-0.3, -0.25) is 9.35 Å². The minimum atomic E-state index is -4.18. The first-order valence-corrected chi connectivity index (χ1v) is 21.5. The summed E-state index contributed by atoms with van der Waals surface area (Å²) in [6, 6.07) is 0. The van der Waals surface area contributed by atoms with Crippen molar-refractivity contribution >= 4 is 69.8 Å².